The van der Waals surface area contributed by atoms with Crippen LogP contribution in [0.1, 0.15) is 6.92 Å². The Hall–Kier alpha value is -2.50. The third-order valence-corrected chi connectivity index (χ3v) is 4.00. The molecule has 25 heavy (non-hydrogen) atoms. The van der Waals surface area contributed by atoms with Gasteiger partial charge in [-0.05, 0) is 55.5 Å². The molecule has 0 radical (unpaired) electrons. The maximum Gasteiger partial charge on any atom is 0.265 e. The molecule has 0 bridgehead atoms. The Labute approximate surface area is 155 Å². The molecular formula is C18H15Cl2N3O2. The van der Waals surface area contributed by atoms with E-state index in [-0.39, 0.29) is 5.91 Å². The van der Waals surface area contributed by atoms with Crippen molar-refractivity contribution in [2.24, 2.45) is 0 Å². The summed E-state index contributed by atoms with van der Waals surface area (Å²) in [4.78, 5) is 12.3. The molecule has 0 aliphatic heterocycles. The molecular weight excluding hydrogens is 361 g/mol. The standard InChI is InChI=1S/C18H15Cl2N3O2/c1-12(25-17-8-3-13(19)11-16(17)20)18(24)22-14-4-6-15(7-5-14)23-10-2-9-21-23/h2-12H,1H3,(H,22,24). The molecule has 128 valence electrons. The van der Waals surface area contributed by atoms with Crippen molar-refractivity contribution < 1.29 is 9.53 Å². The Bertz CT molecular complexity index is 865. The Morgan fingerprint density at radius 2 is 1.96 bits per heavy atom. The number of halogens is 2. The number of anilines is 1. The van der Waals surface area contributed by atoms with Gasteiger partial charge in [-0.1, -0.05) is 23.2 Å². The number of nitrogens with one attached hydrogen (secondary N) is 1. The molecule has 0 aliphatic rings. The number of rotatable bonds is 5. The highest BCUT2D eigenvalue weighted by Gasteiger charge is 2.16. The Morgan fingerprint density at radius 1 is 1.20 bits per heavy atom. The van der Waals surface area contributed by atoms with Gasteiger partial charge in [-0.15, -0.1) is 0 Å². The van der Waals surface area contributed by atoms with E-state index < -0.39 is 6.10 Å². The van der Waals surface area contributed by atoms with Crippen molar-refractivity contribution in [3.05, 3.63) is 71.0 Å². The fraction of sp³-hybridized carbons (Fsp3) is 0.111. The van der Waals surface area contributed by atoms with Gasteiger partial charge in [-0.3, -0.25) is 4.79 Å². The third kappa shape index (κ3) is 4.32. The molecule has 3 rings (SSSR count). The monoisotopic (exact) mass is 375 g/mol. The molecule has 5 nitrogen and oxygen atoms in total. The number of hydrogen-bond donors (Lipinski definition) is 1. The second-order valence-electron chi connectivity index (χ2n) is 5.32. The zero-order valence-electron chi connectivity index (χ0n) is 13.3. The van der Waals surface area contributed by atoms with Crippen LogP contribution >= 0.6 is 23.2 Å². The molecule has 3 aromatic rings. The number of nitrogens with zero attached hydrogens (tertiary/aromatic N) is 2. The quantitative estimate of drug-likeness (QED) is 0.709. The highest BCUT2D eigenvalue weighted by atomic mass is 35.5. The molecule has 1 N–H and O–H groups in total. The van der Waals surface area contributed by atoms with Gasteiger partial charge in [-0.25, -0.2) is 4.68 Å². The Balaban J connectivity index is 1.63. The van der Waals surface area contributed by atoms with Crippen molar-refractivity contribution in [3.63, 3.8) is 0 Å². The van der Waals surface area contributed by atoms with E-state index >= 15 is 0 Å². The second-order valence-corrected chi connectivity index (χ2v) is 6.17. The summed E-state index contributed by atoms with van der Waals surface area (Å²) in [7, 11) is 0. The lowest BCUT2D eigenvalue weighted by Gasteiger charge is -2.16. The highest BCUT2D eigenvalue weighted by molar-refractivity contribution is 6.35. The summed E-state index contributed by atoms with van der Waals surface area (Å²) in [5.41, 5.74) is 1.57. The van der Waals surface area contributed by atoms with E-state index in [2.05, 4.69) is 10.4 Å². The normalized spacial score (nSPS) is 11.8. The van der Waals surface area contributed by atoms with E-state index in [9.17, 15) is 4.79 Å². The van der Waals surface area contributed by atoms with E-state index in [0.717, 1.165) is 5.69 Å². The first-order valence-electron chi connectivity index (χ1n) is 7.55. The van der Waals surface area contributed by atoms with Gasteiger partial charge in [0.05, 0.1) is 10.7 Å². The van der Waals surface area contributed by atoms with E-state index in [0.29, 0.717) is 21.5 Å². The summed E-state index contributed by atoms with van der Waals surface area (Å²) in [6.07, 6.45) is 2.83. The first kappa shape index (κ1) is 17.3. The molecule has 0 spiro atoms. The molecule has 7 heteroatoms. The van der Waals surface area contributed by atoms with Gasteiger partial charge >= 0.3 is 0 Å². The minimum Gasteiger partial charge on any atom is -0.479 e. The zero-order chi connectivity index (χ0) is 17.8. The van der Waals surface area contributed by atoms with Crippen molar-refractivity contribution in [1.82, 2.24) is 9.78 Å². The van der Waals surface area contributed by atoms with Crippen LogP contribution in [0, 0.1) is 0 Å². The van der Waals surface area contributed by atoms with Crippen LogP contribution in [0.3, 0.4) is 0 Å². The summed E-state index contributed by atoms with van der Waals surface area (Å²) < 4.78 is 7.34. The van der Waals surface area contributed by atoms with Gasteiger partial charge in [-0.2, -0.15) is 5.10 Å². The molecule has 2 aromatic carbocycles. The van der Waals surface area contributed by atoms with Crippen molar-refractivity contribution in [2.45, 2.75) is 13.0 Å². The van der Waals surface area contributed by atoms with Gasteiger partial charge in [0.2, 0.25) is 0 Å². The average molecular weight is 376 g/mol. The Kier molecular flexibility index (Phi) is 5.26. The third-order valence-electron chi connectivity index (χ3n) is 3.47. The summed E-state index contributed by atoms with van der Waals surface area (Å²) in [6.45, 7) is 1.65. The largest absolute Gasteiger partial charge is 0.479 e. The minimum atomic E-state index is -0.718. The van der Waals surface area contributed by atoms with Crippen molar-refractivity contribution in [1.29, 1.82) is 0 Å². The zero-order valence-corrected chi connectivity index (χ0v) is 14.8. The molecule has 1 amide bonds. The number of carbonyl (C=O) groups is 1. The summed E-state index contributed by atoms with van der Waals surface area (Å²) >= 11 is 11.9. The van der Waals surface area contributed by atoms with Gasteiger partial charge in [0.1, 0.15) is 5.75 Å². The van der Waals surface area contributed by atoms with Crippen molar-refractivity contribution in [2.75, 3.05) is 5.32 Å². The van der Waals surface area contributed by atoms with Crippen LogP contribution in [-0.2, 0) is 4.79 Å². The summed E-state index contributed by atoms with van der Waals surface area (Å²) in [5.74, 6) is 0.126. The van der Waals surface area contributed by atoms with Crippen LogP contribution in [-0.4, -0.2) is 21.8 Å². The summed E-state index contributed by atoms with van der Waals surface area (Å²) in [6, 6.07) is 14.0. The minimum absolute atomic E-state index is 0.280. The number of amides is 1. The molecule has 0 saturated carbocycles. The van der Waals surface area contributed by atoms with E-state index in [1.54, 1.807) is 48.1 Å². The topological polar surface area (TPSA) is 56.1 Å². The van der Waals surface area contributed by atoms with E-state index in [1.165, 1.54) is 0 Å². The lowest BCUT2D eigenvalue weighted by molar-refractivity contribution is -0.122. The fourth-order valence-electron chi connectivity index (χ4n) is 2.18. The predicted molar refractivity (Wildman–Crippen MR) is 98.7 cm³/mol. The fourth-order valence-corrected chi connectivity index (χ4v) is 2.63. The second kappa shape index (κ2) is 7.59. The molecule has 1 unspecified atom stereocenters. The smallest absolute Gasteiger partial charge is 0.265 e. The average Bonchev–Trinajstić information content (AvgIpc) is 3.12. The highest BCUT2D eigenvalue weighted by Crippen LogP contribution is 2.28. The molecule has 0 aliphatic carbocycles. The molecule has 1 heterocycles. The van der Waals surface area contributed by atoms with Gasteiger partial charge in [0.25, 0.3) is 5.91 Å². The van der Waals surface area contributed by atoms with Crippen LogP contribution in [0.2, 0.25) is 10.0 Å². The Morgan fingerprint density at radius 3 is 2.60 bits per heavy atom. The van der Waals surface area contributed by atoms with Crippen LogP contribution in [0.5, 0.6) is 5.75 Å². The molecule has 0 fully saturated rings. The van der Waals surface area contributed by atoms with Crippen LogP contribution < -0.4 is 10.1 Å². The predicted octanol–water partition coefficient (Wildman–Crippen LogP) is 4.59. The number of ether oxygens (including phenoxy) is 1. The van der Waals surface area contributed by atoms with Crippen LogP contribution in [0.25, 0.3) is 5.69 Å². The lowest BCUT2D eigenvalue weighted by Crippen LogP contribution is -2.30. The van der Waals surface area contributed by atoms with Crippen molar-refractivity contribution in [3.8, 4) is 11.4 Å². The number of carbonyl (C=O) groups excluding carboxylic acids is 1. The first-order chi connectivity index (χ1) is 12.0. The van der Waals surface area contributed by atoms with Gasteiger partial charge < -0.3 is 10.1 Å². The van der Waals surface area contributed by atoms with Crippen LogP contribution in [0.4, 0.5) is 5.69 Å². The molecule has 0 saturated heterocycles. The maximum atomic E-state index is 12.3. The number of aromatic nitrogens is 2. The molecule has 1 atom stereocenters. The van der Waals surface area contributed by atoms with Gasteiger partial charge in [0.15, 0.2) is 6.10 Å². The van der Waals surface area contributed by atoms with Crippen molar-refractivity contribution >= 4 is 34.8 Å². The molecule has 1 aromatic heterocycles. The summed E-state index contributed by atoms with van der Waals surface area (Å²) in [5, 5.41) is 7.82. The van der Waals surface area contributed by atoms with E-state index in [4.69, 9.17) is 27.9 Å². The first-order valence-corrected chi connectivity index (χ1v) is 8.31. The number of benzene rings is 2. The number of hydrogen-bond acceptors (Lipinski definition) is 3. The lowest BCUT2D eigenvalue weighted by atomic mass is 10.2. The maximum absolute atomic E-state index is 12.3. The van der Waals surface area contributed by atoms with Gasteiger partial charge in [0, 0.05) is 23.1 Å². The SMILES string of the molecule is CC(Oc1ccc(Cl)cc1Cl)C(=O)Nc1ccc(-n2cccn2)cc1. The van der Waals surface area contributed by atoms with E-state index in [1.807, 2.05) is 24.4 Å². The van der Waals surface area contributed by atoms with Crippen LogP contribution in [0.15, 0.2) is 60.9 Å².